The molecule has 0 spiro atoms. The highest BCUT2D eigenvalue weighted by atomic mass is 16.5. The molecule has 0 bridgehead atoms. The van der Waals surface area contributed by atoms with Crippen molar-refractivity contribution in [3.05, 3.63) is 29.8 Å². The summed E-state index contributed by atoms with van der Waals surface area (Å²) in [6.07, 6.45) is 0. The molecule has 0 aromatic heterocycles. The van der Waals surface area contributed by atoms with Gasteiger partial charge in [0.05, 0.1) is 6.61 Å². The Morgan fingerprint density at radius 1 is 1.22 bits per heavy atom. The minimum atomic E-state index is 0.354. The van der Waals surface area contributed by atoms with Gasteiger partial charge < -0.3 is 10.1 Å². The second-order valence-corrected chi connectivity index (χ2v) is 5.94. The van der Waals surface area contributed by atoms with Crippen LogP contribution in [-0.4, -0.2) is 13.2 Å². The number of para-hydroxylation sites is 1. The van der Waals surface area contributed by atoms with Crippen molar-refractivity contribution in [2.45, 2.75) is 41.2 Å². The van der Waals surface area contributed by atoms with E-state index in [1.54, 1.807) is 0 Å². The first-order valence-electron chi connectivity index (χ1n) is 6.86. The molecule has 0 saturated heterocycles. The van der Waals surface area contributed by atoms with Crippen molar-refractivity contribution in [2.24, 2.45) is 11.3 Å². The molecule has 2 nitrogen and oxygen atoms in total. The third-order valence-corrected chi connectivity index (χ3v) is 3.52. The predicted molar refractivity (Wildman–Crippen MR) is 77.9 cm³/mol. The summed E-state index contributed by atoms with van der Waals surface area (Å²) in [4.78, 5) is 0. The Bertz CT molecular complexity index is 354. The fourth-order valence-corrected chi connectivity index (χ4v) is 1.68. The Labute approximate surface area is 112 Å². The molecule has 18 heavy (non-hydrogen) atoms. The molecule has 2 heteroatoms. The molecule has 1 rings (SSSR count). The van der Waals surface area contributed by atoms with E-state index in [9.17, 15) is 0 Å². The maximum Gasteiger partial charge on any atom is 0.123 e. The fraction of sp³-hybridized carbons (Fsp3) is 0.625. The van der Waals surface area contributed by atoms with Gasteiger partial charge in [0.1, 0.15) is 5.75 Å². The highest BCUT2D eigenvalue weighted by Crippen LogP contribution is 2.24. The molecular weight excluding hydrogens is 222 g/mol. The Kier molecular flexibility index (Phi) is 5.67. The molecule has 1 aromatic rings. The SMILES string of the molecule is CCOc1ccccc1CNCC(C)C(C)(C)C. The fourth-order valence-electron chi connectivity index (χ4n) is 1.68. The lowest BCUT2D eigenvalue weighted by Crippen LogP contribution is -2.29. The van der Waals surface area contributed by atoms with E-state index in [2.05, 4.69) is 45.1 Å². The van der Waals surface area contributed by atoms with Crippen molar-refractivity contribution >= 4 is 0 Å². The molecule has 0 heterocycles. The van der Waals surface area contributed by atoms with Crippen molar-refractivity contribution in [2.75, 3.05) is 13.2 Å². The van der Waals surface area contributed by atoms with Crippen LogP contribution in [0.25, 0.3) is 0 Å². The molecule has 0 amide bonds. The standard InChI is InChI=1S/C16H27NO/c1-6-18-15-10-8-7-9-14(15)12-17-11-13(2)16(3,4)5/h7-10,13,17H,6,11-12H2,1-5H3. The van der Waals surface area contributed by atoms with Crippen LogP contribution in [0.3, 0.4) is 0 Å². The average Bonchev–Trinajstić information content (AvgIpc) is 2.30. The van der Waals surface area contributed by atoms with Gasteiger partial charge in [-0.25, -0.2) is 0 Å². The van der Waals surface area contributed by atoms with Crippen molar-refractivity contribution < 1.29 is 4.74 Å². The van der Waals surface area contributed by atoms with E-state index >= 15 is 0 Å². The Morgan fingerprint density at radius 2 is 1.89 bits per heavy atom. The van der Waals surface area contributed by atoms with Crippen LogP contribution in [0.4, 0.5) is 0 Å². The summed E-state index contributed by atoms with van der Waals surface area (Å²) >= 11 is 0. The van der Waals surface area contributed by atoms with Gasteiger partial charge in [0.15, 0.2) is 0 Å². The van der Waals surface area contributed by atoms with Crippen LogP contribution < -0.4 is 10.1 Å². The molecular formula is C16H27NO. The van der Waals surface area contributed by atoms with Crippen LogP contribution in [0.5, 0.6) is 5.75 Å². The third kappa shape index (κ3) is 4.69. The summed E-state index contributed by atoms with van der Waals surface area (Å²) in [6.45, 7) is 13.8. The zero-order valence-electron chi connectivity index (χ0n) is 12.4. The van der Waals surface area contributed by atoms with Gasteiger partial charge in [0.2, 0.25) is 0 Å². The maximum atomic E-state index is 5.62. The first-order chi connectivity index (χ1) is 8.45. The summed E-state index contributed by atoms with van der Waals surface area (Å²) < 4.78 is 5.62. The zero-order valence-corrected chi connectivity index (χ0v) is 12.4. The van der Waals surface area contributed by atoms with Crippen LogP contribution in [0.15, 0.2) is 24.3 Å². The van der Waals surface area contributed by atoms with Crippen molar-refractivity contribution in [3.63, 3.8) is 0 Å². The van der Waals surface area contributed by atoms with Gasteiger partial charge in [-0.2, -0.15) is 0 Å². The summed E-state index contributed by atoms with van der Waals surface area (Å²) in [6, 6.07) is 8.24. The molecule has 1 unspecified atom stereocenters. The quantitative estimate of drug-likeness (QED) is 0.826. The summed E-state index contributed by atoms with van der Waals surface area (Å²) in [7, 11) is 0. The van der Waals surface area contributed by atoms with E-state index in [1.165, 1.54) is 5.56 Å². The molecule has 1 aromatic carbocycles. The predicted octanol–water partition coefficient (Wildman–Crippen LogP) is 3.86. The number of benzene rings is 1. The van der Waals surface area contributed by atoms with Crippen LogP contribution in [-0.2, 0) is 6.54 Å². The van der Waals surface area contributed by atoms with E-state index in [4.69, 9.17) is 4.74 Å². The molecule has 0 fully saturated rings. The summed E-state index contributed by atoms with van der Waals surface area (Å²) in [5, 5.41) is 3.53. The lowest BCUT2D eigenvalue weighted by Gasteiger charge is -2.27. The van der Waals surface area contributed by atoms with Crippen molar-refractivity contribution in [1.29, 1.82) is 0 Å². The smallest absolute Gasteiger partial charge is 0.123 e. The van der Waals surface area contributed by atoms with Crippen LogP contribution in [0.1, 0.15) is 40.2 Å². The first kappa shape index (κ1) is 15.0. The van der Waals surface area contributed by atoms with Gasteiger partial charge in [-0.1, -0.05) is 45.9 Å². The summed E-state index contributed by atoms with van der Waals surface area (Å²) in [5.41, 5.74) is 1.59. The van der Waals surface area contributed by atoms with E-state index in [-0.39, 0.29) is 0 Å². The van der Waals surface area contributed by atoms with Gasteiger partial charge in [0, 0.05) is 12.1 Å². The second kappa shape index (κ2) is 6.79. The number of nitrogens with one attached hydrogen (secondary N) is 1. The van der Waals surface area contributed by atoms with Crippen LogP contribution >= 0.6 is 0 Å². The molecule has 0 aliphatic carbocycles. The van der Waals surface area contributed by atoms with Crippen LogP contribution in [0, 0.1) is 11.3 Å². The molecule has 1 N–H and O–H groups in total. The minimum Gasteiger partial charge on any atom is -0.494 e. The van der Waals surface area contributed by atoms with E-state index in [1.807, 2.05) is 19.1 Å². The van der Waals surface area contributed by atoms with Gasteiger partial charge in [-0.3, -0.25) is 0 Å². The van der Waals surface area contributed by atoms with Crippen molar-refractivity contribution in [1.82, 2.24) is 5.32 Å². The molecule has 0 radical (unpaired) electrons. The molecule has 1 atom stereocenters. The first-order valence-corrected chi connectivity index (χ1v) is 6.86. The maximum absolute atomic E-state index is 5.62. The highest BCUT2D eigenvalue weighted by Gasteiger charge is 2.19. The Balaban J connectivity index is 2.49. The highest BCUT2D eigenvalue weighted by molar-refractivity contribution is 5.33. The van der Waals surface area contributed by atoms with Crippen LogP contribution in [0.2, 0.25) is 0 Å². The van der Waals surface area contributed by atoms with E-state index in [0.717, 1.165) is 25.4 Å². The number of hydrogen-bond acceptors (Lipinski definition) is 2. The Morgan fingerprint density at radius 3 is 2.50 bits per heavy atom. The summed E-state index contributed by atoms with van der Waals surface area (Å²) in [5.74, 6) is 1.65. The van der Waals surface area contributed by atoms with Gasteiger partial charge in [-0.05, 0) is 30.9 Å². The minimum absolute atomic E-state index is 0.354. The molecule has 102 valence electrons. The largest absolute Gasteiger partial charge is 0.494 e. The van der Waals surface area contributed by atoms with Gasteiger partial charge in [0.25, 0.3) is 0 Å². The second-order valence-electron chi connectivity index (χ2n) is 5.94. The third-order valence-electron chi connectivity index (χ3n) is 3.52. The van der Waals surface area contributed by atoms with Gasteiger partial charge in [-0.15, -0.1) is 0 Å². The van der Waals surface area contributed by atoms with E-state index < -0.39 is 0 Å². The molecule has 0 aliphatic heterocycles. The number of ether oxygens (including phenoxy) is 1. The average molecular weight is 249 g/mol. The Hall–Kier alpha value is -1.02. The monoisotopic (exact) mass is 249 g/mol. The lowest BCUT2D eigenvalue weighted by molar-refractivity contribution is 0.252. The van der Waals surface area contributed by atoms with Crippen molar-refractivity contribution in [3.8, 4) is 5.75 Å². The normalized spacial score (nSPS) is 13.4. The zero-order chi connectivity index (χ0) is 13.6. The number of hydrogen-bond donors (Lipinski definition) is 1. The lowest BCUT2D eigenvalue weighted by atomic mass is 9.82. The number of rotatable bonds is 6. The molecule has 0 aliphatic rings. The van der Waals surface area contributed by atoms with Gasteiger partial charge >= 0.3 is 0 Å². The topological polar surface area (TPSA) is 21.3 Å². The van der Waals surface area contributed by atoms with E-state index in [0.29, 0.717) is 11.3 Å². The molecule has 0 saturated carbocycles.